The van der Waals surface area contributed by atoms with Gasteiger partial charge in [0.15, 0.2) is 0 Å². The molecule has 1 aliphatic rings. The molecule has 0 fully saturated rings. The molecular formula is C13H17N. The molecule has 0 amide bonds. The molecule has 1 nitrogen and oxygen atoms in total. The Hall–Kier alpha value is -1.08. The van der Waals surface area contributed by atoms with Gasteiger partial charge in [0.2, 0.25) is 0 Å². The fourth-order valence-corrected chi connectivity index (χ4v) is 1.86. The normalized spacial score (nSPS) is 15.6. The van der Waals surface area contributed by atoms with Crippen molar-refractivity contribution in [3.05, 3.63) is 47.5 Å². The van der Waals surface area contributed by atoms with Crippen molar-refractivity contribution in [3.63, 3.8) is 0 Å². The predicted octanol–water partition coefficient (Wildman–Crippen LogP) is 2.89. The third kappa shape index (κ3) is 2.71. The van der Waals surface area contributed by atoms with Crippen molar-refractivity contribution < 1.29 is 0 Å². The lowest BCUT2D eigenvalue weighted by Crippen LogP contribution is -2.15. The van der Waals surface area contributed by atoms with Crippen molar-refractivity contribution in [1.29, 1.82) is 0 Å². The minimum Gasteiger partial charge on any atom is -0.309 e. The molecule has 74 valence electrons. The van der Waals surface area contributed by atoms with E-state index in [2.05, 4.69) is 41.7 Å². The second-order valence-electron chi connectivity index (χ2n) is 3.84. The van der Waals surface area contributed by atoms with Crippen molar-refractivity contribution in [2.24, 2.45) is 0 Å². The quantitative estimate of drug-likeness (QED) is 0.715. The Bertz CT molecular complexity index is 300. The first kappa shape index (κ1) is 9.47. The molecule has 0 bridgehead atoms. The number of allylic oxidation sites excluding steroid dienone is 1. The maximum atomic E-state index is 3.48. The zero-order valence-corrected chi connectivity index (χ0v) is 8.50. The summed E-state index contributed by atoms with van der Waals surface area (Å²) in [4.78, 5) is 0. The minimum atomic E-state index is 0.984. The predicted molar refractivity (Wildman–Crippen MR) is 60.1 cm³/mol. The third-order valence-corrected chi connectivity index (χ3v) is 2.66. The summed E-state index contributed by atoms with van der Waals surface area (Å²) in [5, 5.41) is 3.48. The highest BCUT2D eigenvalue weighted by Gasteiger charge is 2.02. The molecule has 1 aliphatic carbocycles. The molecule has 0 aromatic heterocycles. The van der Waals surface area contributed by atoms with Crippen molar-refractivity contribution >= 4 is 0 Å². The number of hydrogen-bond acceptors (Lipinski definition) is 1. The summed E-state index contributed by atoms with van der Waals surface area (Å²) in [6.07, 6.45) is 6.30. The monoisotopic (exact) mass is 187 g/mol. The molecule has 0 saturated heterocycles. The Labute approximate surface area is 85.8 Å². The van der Waals surface area contributed by atoms with Crippen LogP contribution in [0.15, 0.2) is 42.0 Å². The lowest BCUT2D eigenvalue weighted by Gasteiger charge is -2.05. The van der Waals surface area contributed by atoms with Gasteiger partial charge in [0.1, 0.15) is 0 Å². The van der Waals surface area contributed by atoms with Gasteiger partial charge in [-0.15, -0.1) is 0 Å². The number of nitrogens with one attached hydrogen (secondary N) is 1. The fraction of sp³-hybridized carbons (Fsp3) is 0.385. The standard InChI is InChI=1S/C13H17N/c1-2-6-12(7-3-1)10-14-11-13-8-4-5-9-13/h1-3,6-8,14H,4-5,9-11H2. The second-order valence-corrected chi connectivity index (χ2v) is 3.84. The molecule has 0 heterocycles. The third-order valence-electron chi connectivity index (χ3n) is 2.66. The van der Waals surface area contributed by atoms with Gasteiger partial charge >= 0.3 is 0 Å². The molecule has 0 aliphatic heterocycles. The van der Waals surface area contributed by atoms with Gasteiger partial charge in [-0.05, 0) is 24.8 Å². The Balaban J connectivity index is 1.73. The molecule has 1 aromatic carbocycles. The van der Waals surface area contributed by atoms with Crippen LogP contribution in [0.25, 0.3) is 0 Å². The Morgan fingerprint density at radius 3 is 2.64 bits per heavy atom. The van der Waals surface area contributed by atoms with E-state index >= 15 is 0 Å². The molecule has 0 spiro atoms. The van der Waals surface area contributed by atoms with Crippen LogP contribution in [0, 0.1) is 0 Å². The van der Waals surface area contributed by atoms with Gasteiger partial charge in [0.05, 0.1) is 0 Å². The highest BCUT2D eigenvalue weighted by atomic mass is 14.8. The molecule has 1 heteroatoms. The van der Waals surface area contributed by atoms with Crippen LogP contribution < -0.4 is 5.32 Å². The van der Waals surface area contributed by atoms with Gasteiger partial charge < -0.3 is 5.32 Å². The van der Waals surface area contributed by atoms with E-state index in [1.54, 1.807) is 5.57 Å². The molecule has 0 radical (unpaired) electrons. The molecule has 14 heavy (non-hydrogen) atoms. The largest absolute Gasteiger partial charge is 0.309 e. The van der Waals surface area contributed by atoms with Crippen LogP contribution in [0.3, 0.4) is 0 Å². The maximum absolute atomic E-state index is 3.48. The average Bonchev–Trinajstić information content (AvgIpc) is 2.72. The SMILES string of the molecule is C1=C(CNCc2ccccc2)CCC1. The van der Waals surface area contributed by atoms with Crippen molar-refractivity contribution in [2.75, 3.05) is 6.54 Å². The zero-order chi connectivity index (χ0) is 9.64. The highest BCUT2D eigenvalue weighted by molar-refractivity contribution is 5.15. The Morgan fingerprint density at radius 2 is 1.93 bits per heavy atom. The first-order chi connectivity index (χ1) is 6.95. The van der Waals surface area contributed by atoms with E-state index in [4.69, 9.17) is 0 Å². The summed E-state index contributed by atoms with van der Waals surface area (Å²) in [5.41, 5.74) is 2.95. The van der Waals surface area contributed by atoms with E-state index in [0.717, 1.165) is 13.1 Å². The topological polar surface area (TPSA) is 12.0 Å². The summed E-state index contributed by atoms with van der Waals surface area (Å²) in [5.74, 6) is 0. The van der Waals surface area contributed by atoms with Crippen molar-refractivity contribution in [1.82, 2.24) is 5.32 Å². The number of hydrogen-bond donors (Lipinski definition) is 1. The molecule has 0 unspecified atom stereocenters. The first-order valence-electron chi connectivity index (χ1n) is 5.38. The molecule has 1 N–H and O–H groups in total. The lowest BCUT2D eigenvalue weighted by molar-refractivity contribution is 0.723. The second kappa shape index (κ2) is 4.97. The van der Waals surface area contributed by atoms with E-state index in [9.17, 15) is 0 Å². The van der Waals surface area contributed by atoms with Crippen molar-refractivity contribution in [3.8, 4) is 0 Å². The first-order valence-corrected chi connectivity index (χ1v) is 5.38. The smallest absolute Gasteiger partial charge is 0.0208 e. The zero-order valence-electron chi connectivity index (χ0n) is 8.50. The fourth-order valence-electron chi connectivity index (χ4n) is 1.86. The van der Waals surface area contributed by atoms with Crippen LogP contribution in [0.4, 0.5) is 0 Å². The van der Waals surface area contributed by atoms with E-state index in [1.807, 2.05) is 0 Å². The van der Waals surface area contributed by atoms with Gasteiger partial charge in [-0.1, -0.05) is 42.0 Å². The molecule has 2 rings (SSSR count). The molecule has 0 saturated carbocycles. The van der Waals surface area contributed by atoms with E-state index in [0.29, 0.717) is 0 Å². The van der Waals surface area contributed by atoms with Gasteiger partial charge in [0, 0.05) is 13.1 Å². The highest BCUT2D eigenvalue weighted by Crippen LogP contribution is 2.16. The minimum absolute atomic E-state index is 0.984. The van der Waals surface area contributed by atoms with E-state index < -0.39 is 0 Å². The van der Waals surface area contributed by atoms with E-state index in [-0.39, 0.29) is 0 Å². The summed E-state index contributed by atoms with van der Waals surface area (Å²) < 4.78 is 0. The number of rotatable bonds is 4. The van der Waals surface area contributed by atoms with Gasteiger partial charge in [0.25, 0.3) is 0 Å². The Morgan fingerprint density at radius 1 is 1.07 bits per heavy atom. The van der Waals surface area contributed by atoms with E-state index in [1.165, 1.54) is 24.8 Å². The summed E-state index contributed by atoms with van der Waals surface area (Å²) in [6.45, 7) is 2.05. The summed E-state index contributed by atoms with van der Waals surface area (Å²) >= 11 is 0. The average molecular weight is 187 g/mol. The lowest BCUT2D eigenvalue weighted by atomic mass is 10.2. The van der Waals surface area contributed by atoms with Crippen molar-refractivity contribution in [2.45, 2.75) is 25.8 Å². The number of benzene rings is 1. The maximum Gasteiger partial charge on any atom is 0.0208 e. The molecule has 1 aromatic rings. The van der Waals surface area contributed by atoms with Gasteiger partial charge in [-0.2, -0.15) is 0 Å². The van der Waals surface area contributed by atoms with Gasteiger partial charge in [-0.25, -0.2) is 0 Å². The molecule has 0 atom stereocenters. The van der Waals surface area contributed by atoms with Crippen LogP contribution in [0.5, 0.6) is 0 Å². The van der Waals surface area contributed by atoms with Gasteiger partial charge in [-0.3, -0.25) is 0 Å². The Kier molecular flexibility index (Phi) is 3.36. The van der Waals surface area contributed by atoms with Crippen LogP contribution in [0.2, 0.25) is 0 Å². The molecular weight excluding hydrogens is 170 g/mol. The van der Waals surface area contributed by atoms with Crippen LogP contribution in [-0.4, -0.2) is 6.54 Å². The van der Waals surface area contributed by atoms with Crippen LogP contribution in [-0.2, 0) is 6.54 Å². The van der Waals surface area contributed by atoms with Crippen LogP contribution >= 0.6 is 0 Å². The summed E-state index contributed by atoms with van der Waals surface area (Å²) in [6, 6.07) is 10.6. The summed E-state index contributed by atoms with van der Waals surface area (Å²) in [7, 11) is 0. The van der Waals surface area contributed by atoms with Crippen LogP contribution in [0.1, 0.15) is 24.8 Å².